The SMILES string of the molecule is COc1ccc(C2c3[nH]c4ccc(Br)cc4c3CC3C(=O)N(c4cccc(OC)c4)C(=S)N32)cc1. The Labute approximate surface area is 216 Å². The van der Waals surface area contributed by atoms with E-state index in [0.29, 0.717) is 23.0 Å². The van der Waals surface area contributed by atoms with Gasteiger partial charge >= 0.3 is 0 Å². The van der Waals surface area contributed by atoms with Gasteiger partial charge in [0.2, 0.25) is 0 Å². The van der Waals surface area contributed by atoms with E-state index in [4.69, 9.17) is 21.7 Å². The summed E-state index contributed by atoms with van der Waals surface area (Å²) in [4.78, 5) is 21.2. The van der Waals surface area contributed by atoms with Crippen LogP contribution in [-0.2, 0) is 11.2 Å². The summed E-state index contributed by atoms with van der Waals surface area (Å²) in [5.41, 5.74) is 4.98. The first-order valence-corrected chi connectivity index (χ1v) is 12.4. The number of anilines is 1. The molecular weight excluding hydrogens is 526 g/mol. The molecule has 0 radical (unpaired) electrons. The molecule has 8 heteroatoms. The van der Waals surface area contributed by atoms with Gasteiger partial charge in [0, 0.05) is 33.6 Å². The fourth-order valence-corrected chi connectivity index (χ4v) is 6.00. The van der Waals surface area contributed by atoms with Crippen molar-refractivity contribution in [2.75, 3.05) is 19.1 Å². The number of benzene rings is 3. The number of carbonyl (C=O) groups is 1. The van der Waals surface area contributed by atoms with Crippen LogP contribution in [0, 0.1) is 0 Å². The predicted molar refractivity (Wildman–Crippen MR) is 143 cm³/mol. The van der Waals surface area contributed by atoms with Crippen LogP contribution in [0.2, 0.25) is 0 Å². The van der Waals surface area contributed by atoms with Crippen molar-refractivity contribution >= 4 is 55.8 Å². The monoisotopic (exact) mass is 547 g/mol. The molecule has 176 valence electrons. The summed E-state index contributed by atoms with van der Waals surface area (Å²) >= 11 is 9.58. The van der Waals surface area contributed by atoms with Gasteiger partial charge in [0.05, 0.1) is 25.9 Å². The predicted octanol–water partition coefficient (Wildman–Crippen LogP) is 5.60. The summed E-state index contributed by atoms with van der Waals surface area (Å²) in [6.07, 6.45) is 0.567. The molecule has 1 saturated heterocycles. The van der Waals surface area contributed by atoms with Gasteiger partial charge in [-0.15, -0.1) is 0 Å². The van der Waals surface area contributed by atoms with E-state index >= 15 is 0 Å². The Kier molecular flexibility index (Phi) is 5.30. The molecule has 2 aliphatic rings. The molecular formula is C27H22BrN3O3S. The Morgan fingerprint density at radius 1 is 1.00 bits per heavy atom. The van der Waals surface area contributed by atoms with Crippen LogP contribution in [0.5, 0.6) is 11.5 Å². The van der Waals surface area contributed by atoms with E-state index in [1.54, 1.807) is 19.1 Å². The number of rotatable bonds is 4. The maximum Gasteiger partial charge on any atom is 0.256 e. The standard InChI is InChI=1S/C27H22BrN3O3S/c1-33-18-9-6-15(7-10-18)25-24-21(20-12-16(28)8-11-22(20)29-24)14-23-26(32)30(27(35)31(23)25)17-4-3-5-19(13-17)34-2/h3-13,23,25,29H,14H2,1-2H3. The third-order valence-corrected chi connectivity index (χ3v) is 7.73. The summed E-state index contributed by atoms with van der Waals surface area (Å²) < 4.78 is 11.8. The third-order valence-electron chi connectivity index (χ3n) is 6.85. The van der Waals surface area contributed by atoms with Crippen LogP contribution in [0.1, 0.15) is 22.9 Å². The molecule has 0 aliphatic carbocycles. The molecule has 2 unspecified atom stereocenters. The number of thiocarbonyl (C=S) groups is 1. The number of nitrogens with zero attached hydrogens (tertiary/aromatic N) is 2. The van der Waals surface area contributed by atoms with Gasteiger partial charge in [-0.05, 0) is 65.8 Å². The minimum atomic E-state index is -0.411. The summed E-state index contributed by atoms with van der Waals surface area (Å²) in [7, 11) is 3.27. The van der Waals surface area contributed by atoms with E-state index < -0.39 is 6.04 Å². The zero-order chi connectivity index (χ0) is 24.3. The second kappa shape index (κ2) is 8.39. The summed E-state index contributed by atoms with van der Waals surface area (Å²) in [5.74, 6) is 1.42. The number of carbonyl (C=O) groups excluding carboxylic acids is 1. The van der Waals surface area contributed by atoms with Gasteiger partial charge in [-0.1, -0.05) is 34.1 Å². The highest BCUT2D eigenvalue weighted by Gasteiger charge is 2.51. The average molecular weight is 548 g/mol. The maximum atomic E-state index is 13.9. The molecule has 6 rings (SSSR count). The van der Waals surface area contributed by atoms with E-state index in [1.165, 1.54) is 0 Å². The van der Waals surface area contributed by atoms with Crippen LogP contribution < -0.4 is 14.4 Å². The average Bonchev–Trinajstić information content (AvgIpc) is 3.36. The van der Waals surface area contributed by atoms with Crippen LogP contribution in [0.4, 0.5) is 5.69 Å². The van der Waals surface area contributed by atoms with Gasteiger partial charge < -0.3 is 19.4 Å². The number of ether oxygens (including phenoxy) is 2. The number of hydrogen-bond acceptors (Lipinski definition) is 4. The number of halogens is 1. The van der Waals surface area contributed by atoms with Crippen molar-refractivity contribution in [2.45, 2.75) is 18.5 Å². The van der Waals surface area contributed by atoms with Crippen molar-refractivity contribution in [3.8, 4) is 11.5 Å². The highest BCUT2D eigenvalue weighted by molar-refractivity contribution is 9.10. The molecule has 0 saturated carbocycles. The van der Waals surface area contributed by atoms with Crippen molar-refractivity contribution in [3.05, 3.63) is 88.0 Å². The Hall–Kier alpha value is -3.36. The van der Waals surface area contributed by atoms with Gasteiger partial charge in [0.25, 0.3) is 5.91 Å². The Morgan fingerprint density at radius 3 is 2.51 bits per heavy atom. The summed E-state index contributed by atoms with van der Waals surface area (Å²) in [6.45, 7) is 0. The number of fused-ring (bicyclic) bond motifs is 4. The van der Waals surface area contributed by atoms with Crippen molar-refractivity contribution in [2.24, 2.45) is 0 Å². The number of H-pyrrole nitrogens is 1. The molecule has 1 N–H and O–H groups in total. The van der Waals surface area contributed by atoms with Gasteiger partial charge in [-0.2, -0.15) is 0 Å². The Balaban J connectivity index is 1.53. The normalized spacial score (nSPS) is 19.2. The van der Waals surface area contributed by atoms with Crippen LogP contribution >= 0.6 is 28.1 Å². The Morgan fingerprint density at radius 2 is 1.77 bits per heavy atom. The van der Waals surface area contributed by atoms with E-state index in [1.807, 2.05) is 54.6 Å². The minimum absolute atomic E-state index is 0.0308. The lowest BCUT2D eigenvalue weighted by Crippen LogP contribution is -2.44. The van der Waals surface area contributed by atoms with Crippen molar-refractivity contribution < 1.29 is 14.3 Å². The lowest BCUT2D eigenvalue weighted by Gasteiger charge is -2.37. The highest BCUT2D eigenvalue weighted by atomic mass is 79.9. The summed E-state index contributed by atoms with van der Waals surface area (Å²) in [6, 6.07) is 21.0. The molecule has 0 spiro atoms. The second-order valence-electron chi connectivity index (χ2n) is 8.67. The largest absolute Gasteiger partial charge is 0.497 e. The van der Waals surface area contributed by atoms with Gasteiger partial charge in [-0.3, -0.25) is 9.69 Å². The fraction of sp³-hybridized carbons (Fsp3) is 0.185. The van der Waals surface area contributed by atoms with Crippen LogP contribution in [0.25, 0.3) is 10.9 Å². The van der Waals surface area contributed by atoms with Crippen molar-refractivity contribution in [3.63, 3.8) is 0 Å². The van der Waals surface area contributed by atoms with Gasteiger partial charge in [0.15, 0.2) is 5.11 Å². The van der Waals surface area contributed by atoms with E-state index in [9.17, 15) is 4.79 Å². The topological polar surface area (TPSA) is 57.8 Å². The molecule has 1 fully saturated rings. The quantitative estimate of drug-likeness (QED) is 0.337. The van der Waals surface area contributed by atoms with E-state index in [2.05, 4.69) is 37.9 Å². The first-order valence-electron chi connectivity index (χ1n) is 11.2. The molecule has 3 heterocycles. The summed E-state index contributed by atoms with van der Waals surface area (Å²) in [5, 5.41) is 1.60. The second-order valence-corrected chi connectivity index (χ2v) is 9.95. The molecule has 4 aromatic rings. The minimum Gasteiger partial charge on any atom is -0.497 e. The number of aromatic nitrogens is 1. The number of hydrogen-bond donors (Lipinski definition) is 1. The lowest BCUT2D eigenvalue weighted by molar-refractivity contribution is -0.120. The molecule has 3 aromatic carbocycles. The number of aromatic amines is 1. The van der Waals surface area contributed by atoms with E-state index in [-0.39, 0.29) is 11.9 Å². The number of amides is 1. The first-order chi connectivity index (χ1) is 17.0. The molecule has 1 aromatic heterocycles. The zero-order valence-electron chi connectivity index (χ0n) is 19.1. The number of methoxy groups -OCH3 is 2. The van der Waals surface area contributed by atoms with Gasteiger partial charge in [0.1, 0.15) is 17.5 Å². The molecule has 1 amide bonds. The van der Waals surface area contributed by atoms with E-state index in [0.717, 1.165) is 37.9 Å². The number of nitrogens with one attached hydrogen (secondary N) is 1. The fourth-order valence-electron chi connectivity index (χ4n) is 5.21. The third kappa shape index (κ3) is 3.43. The van der Waals surface area contributed by atoms with Crippen LogP contribution in [0.3, 0.4) is 0 Å². The maximum absolute atomic E-state index is 13.9. The van der Waals surface area contributed by atoms with Gasteiger partial charge in [-0.25, -0.2) is 0 Å². The molecule has 6 nitrogen and oxygen atoms in total. The highest BCUT2D eigenvalue weighted by Crippen LogP contribution is 2.45. The molecule has 2 atom stereocenters. The molecule has 0 bridgehead atoms. The zero-order valence-corrected chi connectivity index (χ0v) is 21.5. The Bertz CT molecular complexity index is 1480. The van der Waals surface area contributed by atoms with Crippen molar-refractivity contribution in [1.29, 1.82) is 0 Å². The van der Waals surface area contributed by atoms with Crippen molar-refractivity contribution in [1.82, 2.24) is 9.88 Å². The van der Waals surface area contributed by atoms with Crippen LogP contribution in [0.15, 0.2) is 71.2 Å². The molecule has 35 heavy (non-hydrogen) atoms. The molecule has 2 aliphatic heterocycles. The smallest absolute Gasteiger partial charge is 0.256 e. The lowest BCUT2D eigenvalue weighted by atomic mass is 9.89. The van der Waals surface area contributed by atoms with Crippen LogP contribution in [-0.4, -0.2) is 41.2 Å². The first kappa shape index (κ1) is 22.1.